The molecule has 1 fully saturated rings. The normalized spacial score (nSPS) is 18.0. The summed E-state index contributed by atoms with van der Waals surface area (Å²) in [5.41, 5.74) is 1.10. The molecule has 124 valence electrons. The highest BCUT2D eigenvalue weighted by molar-refractivity contribution is 6.00. The Balaban J connectivity index is 2.05. The van der Waals surface area contributed by atoms with E-state index in [1.165, 1.54) is 6.92 Å². The number of carbonyl (C=O) groups excluding carboxylic acids is 3. The summed E-state index contributed by atoms with van der Waals surface area (Å²) in [5, 5.41) is 5.60. The Kier molecular flexibility index (Phi) is 4.73. The van der Waals surface area contributed by atoms with Gasteiger partial charge in [-0.1, -0.05) is 0 Å². The van der Waals surface area contributed by atoms with Crippen LogP contribution < -0.4 is 15.5 Å². The first-order valence-electron chi connectivity index (χ1n) is 7.66. The Morgan fingerprint density at radius 3 is 2.30 bits per heavy atom. The third kappa shape index (κ3) is 4.55. The van der Waals surface area contributed by atoms with Gasteiger partial charge in [0.2, 0.25) is 17.7 Å². The fourth-order valence-electron chi connectivity index (χ4n) is 2.53. The molecule has 0 unspecified atom stereocenters. The van der Waals surface area contributed by atoms with E-state index in [9.17, 15) is 14.4 Å². The van der Waals surface area contributed by atoms with Crippen LogP contribution in [0.2, 0.25) is 0 Å². The lowest BCUT2D eigenvalue weighted by Crippen LogP contribution is -2.44. The lowest BCUT2D eigenvalue weighted by atomic mass is 10.0. The number of hydrogen-bond donors (Lipinski definition) is 2. The molecule has 1 saturated heterocycles. The van der Waals surface area contributed by atoms with E-state index in [-0.39, 0.29) is 35.6 Å². The van der Waals surface area contributed by atoms with Crippen molar-refractivity contribution in [2.75, 3.05) is 16.8 Å². The van der Waals surface area contributed by atoms with E-state index < -0.39 is 0 Å². The molecule has 1 aromatic rings. The van der Waals surface area contributed by atoms with Crippen molar-refractivity contribution >= 4 is 29.1 Å². The van der Waals surface area contributed by atoms with Gasteiger partial charge in [-0.15, -0.1) is 0 Å². The molecule has 1 aromatic carbocycles. The van der Waals surface area contributed by atoms with Crippen LogP contribution in [0.5, 0.6) is 0 Å². The third-order valence-corrected chi connectivity index (χ3v) is 3.49. The van der Waals surface area contributed by atoms with Crippen LogP contribution >= 0.6 is 0 Å². The largest absolute Gasteiger partial charge is 0.351 e. The van der Waals surface area contributed by atoms with Crippen LogP contribution in [-0.2, 0) is 14.4 Å². The highest BCUT2D eigenvalue weighted by Gasteiger charge is 2.36. The van der Waals surface area contributed by atoms with Crippen molar-refractivity contribution in [3.05, 3.63) is 24.3 Å². The smallest absolute Gasteiger partial charge is 0.227 e. The molecule has 0 aromatic heterocycles. The van der Waals surface area contributed by atoms with Gasteiger partial charge in [0.05, 0.1) is 5.92 Å². The quantitative estimate of drug-likeness (QED) is 0.894. The predicted octanol–water partition coefficient (Wildman–Crippen LogP) is 1.91. The summed E-state index contributed by atoms with van der Waals surface area (Å²) < 4.78 is 0. The highest BCUT2D eigenvalue weighted by atomic mass is 16.2. The average molecular weight is 317 g/mol. The number of benzene rings is 1. The molecule has 2 N–H and O–H groups in total. The Hall–Kier alpha value is -2.37. The minimum atomic E-state index is -0.336. The number of amides is 3. The summed E-state index contributed by atoms with van der Waals surface area (Å²) in [6.07, 6.45) is 0.218. The van der Waals surface area contributed by atoms with E-state index in [1.54, 1.807) is 29.2 Å². The number of hydrogen-bond acceptors (Lipinski definition) is 3. The van der Waals surface area contributed by atoms with Crippen LogP contribution in [0, 0.1) is 5.92 Å². The summed E-state index contributed by atoms with van der Waals surface area (Å²) >= 11 is 0. The average Bonchev–Trinajstić information content (AvgIpc) is 2.79. The van der Waals surface area contributed by atoms with Crippen molar-refractivity contribution < 1.29 is 14.4 Å². The van der Waals surface area contributed by atoms with E-state index in [0.29, 0.717) is 12.2 Å². The van der Waals surface area contributed by atoms with E-state index in [2.05, 4.69) is 10.6 Å². The van der Waals surface area contributed by atoms with E-state index in [0.717, 1.165) is 5.69 Å². The third-order valence-electron chi connectivity index (χ3n) is 3.49. The molecule has 1 aliphatic rings. The Morgan fingerprint density at radius 2 is 1.78 bits per heavy atom. The summed E-state index contributed by atoms with van der Waals surface area (Å²) in [7, 11) is 0. The molecule has 0 aliphatic carbocycles. The van der Waals surface area contributed by atoms with Gasteiger partial charge in [0.25, 0.3) is 0 Å². The second-order valence-corrected chi connectivity index (χ2v) is 6.87. The molecule has 6 nitrogen and oxygen atoms in total. The molecule has 3 amide bonds. The maximum Gasteiger partial charge on any atom is 0.227 e. The summed E-state index contributed by atoms with van der Waals surface area (Å²) in [5.74, 6) is -0.639. The number of nitrogens with one attached hydrogen (secondary N) is 2. The lowest BCUT2D eigenvalue weighted by Gasteiger charge is -2.23. The van der Waals surface area contributed by atoms with Gasteiger partial charge in [0.15, 0.2) is 0 Å². The number of anilines is 2. The fraction of sp³-hybridized carbons (Fsp3) is 0.471. The van der Waals surface area contributed by atoms with Crippen LogP contribution in [0.15, 0.2) is 24.3 Å². The van der Waals surface area contributed by atoms with Gasteiger partial charge in [-0.25, -0.2) is 0 Å². The van der Waals surface area contributed by atoms with Crippen molar-refractivity contribution in [3.8, 4) is 0 Å². The van der Waals surface area contributed by atoms with E-state index >= 15 is 0 Å². The molecule has 2 rings (SSSR count). The number of nitrogens with zero attached hydrogens (tertiary/aromatic N) is 1. The van der Waals surface area contributed by atoms with Crippen LogP contribution in [0.1, 0.15) is 34.1 Å². The monoisotopic (exact) mass is 317 g/mol. The first kappa shape index (κ1) is 17.0. The molecule has 0 bridgehead atoms. The standard InChI is InChI=1S/C17H23N3O3/c1-11(21)18-13-5-7-14(8-6-13)20-10-12(9-15(20)22)16(23)19-17(2,3)4/h5-8,12H,9-10H2,1-4H3,(H,18,21)(H,19,23)/t12-/m0/s1. The number of rotatable bonds is 3. The van der Waals surface area contributed by atoms with Crippen molar-refractivity contribution in [2.45, 2.75) is 39.7 Å². The van der Waals surface area contributed by atoms with Gasteiger partial charge < -0.3 is 15.5 Å². The topological polar surface area (TPSA) is 78.5 Å². The molecule has 1 atom stereocenters. The second kappa shape index (κ2) is 6.40. The Morgan fingerprint density at radius 1 is 1.17 bits per heavy atom. The summed E-state index contributed by atoms with van der Waals surface area (Å²) in [6.45, 7) is 7.57. The van der Waals surface area contributed by atoms with Crippen molar-refractivity contribution in [1.29, 1.82) is 0 Å². The van der Waals surface area contributed by atoms with Crippen molar-refractivity contribution in [1.82, 2.24) is 5.32 Å². The summed E-state index contributed by atoms with van der Waals surface area (Å²) in [6, 6.07) is 7.03. The highest BCUT2D eigenvalue weighted by Crippen LogP contribution is 2.26. The second-order valence-electron chi connectivity index (χ2n) is 6.87. The first-order valence-corrected chi connectivity index (χ1v) is 7.66. The van der Waals surface area contributed by atoms with E-state index in [1.807, 2.05) is 20.8 Å². The Labute approximate surface area is 136 Å². The van der Waals surface area contributed by atoms with Crippen molar-refractivity contribution in [2.24, 2.45) is 5.92 Å². The van der Waals surface area contributed by atoms with Gasteiger partial charge in [-0.2, -0.15) is 0 Å². The SMILES string of the molecule is CC(=O)Nc1ccc(N2C[C@@H](C(=O)NC(C)(C)C)CC2=O)cc1. The number of carbonyl (C=O) groups is 3. The van der Waals surface area contributed by atoms with Gasteiger partial charge in [0, 0.05) is 36.8 Å². The van der Waals surface area contributed by atoms with E-state index in [4.69, 9.17) is 0 Å². The molecule has 23 heavy (non-hydrogen) atoms. The molecule has 1 heterocycles. The molecule has 0 spiro atoms. The lowest BCUT2D eigenvalue weighted by molar-refractivity contribution is -0.127. The molecular weight excluding hydrogens is 294 g/mol. The zero-order chi connectivity index (χ0) is 17.2. The minimum Gasteiger partial charge on any atom is -0.351 e. The maximum atomic E-state index is 12.2. The molecule has 0 saturated carbocycles. The van der Waals surface area contributed by atoms with Crippen LogP contribution in [0.3, 0.4) is 0 Å². The molecule has 1 aliphatic heterocycles. The minimum absolute atomic E-state index is 0.0636. The Bertz CT molecular complexity index is 617. The van der Waals surface area contributed by atoms with Crippen LogP contribution in [0.25, 0.3) is 0 Å². The zero-order valence-corrected chi connectivity index (χ0v) is 14.0. The predicted molar refractivity (Wildman–Crippen MR) is 89.1 cm³/mol. The fourth-order valence-corrected chi connectivity index (χ4v) is 2.53. The summed E-state index contributed by atoms with van der Waals surface area (Å²) in [4.78, 5) is 37.0. The van der Waals surface area contributed by atoms with Crippen LogP contribution in [0.4, 0.5) is 11.4 Å². The van der Waals surface area contributed by atoms with Gasteiger partial charge in [-0.05, 0) is 45.0 Å². The zero-order valence-electron chi connectivity index (χ0n) is 14.0. The van der Waals surface area contributed by atoms with Gasteiger partial charge >= 0.3 is 0 Å². The maximum absolute atomic E-state index is 12.2. The molecule has 0 radical (unpaired) electrons. The molecule has 6 heteroatoms. The van der Waals surface area contributed by atoms with Gasteiger partial charge in [-0.3, -0.25) is 14.4 Å². The van der Waals surface area contributed by atoms with Crippen molar-refractivity contribution in [3.63, 3.8) is 0 Å². The first-order chi connectivity index (χ1) is 10.7. The van der Waals surface area contributed by atoms with Gasteiger partial charge in [0.1, 0.15) is 0 Å². The van der Waals surface area contributed by atoms with Crippen LogP contribution in [-0.4, -0.2) is 29.8 Å². The molecular formula is C17H23N3O3.